The van der Waals surface area contributed by atoms with Gasteiger partial charge in [0.05, 0.1) is 15.5 Å². The van der Waals surface area contributed by atoms with Gasteiger partial charge in [-0.25, -0.2) is 13.1 Å². The van der Waals surface area contributed by atoms with Gasteiger partial charge in [0.2, 0.25) is 15.2 Å². The van der Waals surface area contributed by atoms with Crippen LogP contribution in [-0.4, -0.2) is 31.6 Å². The lowest BCUT2D eigenvalue weighted by molar-refractivity contribution is 0.102. The number of benzene rings is 1. The van der Waals surface area contributed by atoms with Crippen LogP contribution in [0.3, 0.4) is 0 Å². The predicted octanol–water partition coefficient (Wildman–Crippen LogP) is 4.25. The maximum atomic E-state index is 12.5. The van der Waals surface area contributed by atoms with E-state index < -0.39 is 15.9 Å². The Morgan fingerprint density at radius 2 is 1.86 bits per heavy atom. The molecule has 0 radical (unpaired) electrons. The summed E-state index contributed by atoms with van der Waals surface area (Å²) >= 11 is 7.38. The Morgan fingerprint density at radius 3 is 2.57 bits per heavy atom. The van der Waals surface area contributed by atoms with Crippen molar-refractivity contribution in [1.29, 1.82) is 0 Å². The summed E-state index contributed by atoms with van der Waals surface area (Å²) in [5.41, 5.74) is 0.0608. The van der Waals surface area contributed by atoms with Gasteiger partial charge in [-0.1, -0.05) is 62.0 Å². The van der Waals surface area contributed by atoms with E-state index in [1.807, 2.05) is 0 Å². The molecule has 154 valence electrons. The number of nitrogens with zero attached hydrogens (tertiary/aromatic N) is 2. The van der Waals surface area contributed by atoms with Crippen LogP contribution in [0.2, 0.25) is 5.02 Å². The zero-order valence-corrected chi connectivity index (χ0v) is 18.4. The van der Waals surface area contributed by atoms with Crippen molar-refractivity contribution in [3.05, 3.63) is 33.8 Å². The lowest BCUT2D eigenvalue weighted by Crippen LogP contribution is -2.20. The number of hydrogen-bond acceptors (Lipinski definition) is 6. The Kier molecular flexibility index (Phi) is 8.81. The molecule has 0 fully saturated rings. The maximum Gasteiger partial charge on any atom is 0.259 e. The summed E-state index contributed by atoms with van der Waals surface area (Å²) in [5.74, 6) is -0.527. The highest BCUT2D eigenvalue weighted by Crippen LogP contribution is 2.23. The summed E-state index contributed by atoms with van der Waals surface area (Å²) in [7, 11) is -2.37. The number of amides is 1. The number of aromatic nitrogens is 2. The lowest BCUT2D eigenvalue weighted by Gasteiger charge is -2.07. The van der Waals surface area contributed by atoms with Crippen molar-refractivity contribution >= 4 is 44.0 Å². The van der Waals surface area contributed by atoms with Gasteiger partial charge >= 0.3 is 0 Å². The van der Waals surface area contributed by atoms with Crippen LogP contribution in [0.1, 0.15) is 60.8 Å². The molecule has 2 rings (SSSR count). The quantitative estimate of drug-likeness (QED) is 0.504. The van der Waals surface area contributed by atoms with Crippen LogP contribution in [0.15, 0.2) is 23.1 Å². The monoisotopic (exact) mass is 444 g/mol. The highest BCUT2D eigenvalue weighted by Gasteiger charge is 2.18. The highest BCUT2D eigenvalue weighted by atomic mass is 35.5. The Hall–Kier alpha value is -1.55. The molecule has 1 heterocycles. The molecule has 0 atom stereocenters. The van der Waals surface area contributed by atoms with E-state index in [1.165, 1.54) is 62.3 Å². The fourth-order valence-corrected chi connectivity index (χ4v) is 4.33. The van der Waals surface area contributed by atoms with E-state index in [2.05, 4.69) is 27.2 Å². The lowest BCUT2D eigenvalue weighted by atomic mass is 10.1. The number of unbranched alkanes of at least 4 members (excludes halogenated alkanes) is 5. The normalized spacial score (nSPS) is 11.5. The van der Waals surface area contributed by atoms with Gasteiger partial charge in [-0.05, 0) is 31.7 Å². The SMILES string of the molecule is CCCCCCCCc1nnc(NC(=O)c2cc(S(=O)(=O)NC)ccc2Cl)s1. The first-order valence-corrected chi connectivity index (χ1v) is 11.9. The third kappa shape index (κ3) is 6.51. The van der Waals surface area contributed by atoms with Crippen molar-refractivity contribution in [1.82, 2.24) is 14.9 Å². The zero-order valence-electron chi connectivity index (χ0n) is 16.0. The summed E-state index contributed by atoms with van der Waals surface area (Å²) in [6.07, 6.45) is 8.02. The molecule has 2 aromatic rings. The first-order chi connectivity index (χ1) is 13.4. The van der Waals surface area contributed by atoms with E-state index in [9.17, 15) is 13.2 Å². The van der Waals surface area contributed by atoms with Crippen molar-refractivity contribution in [2.75, 3.05) is 12.4 Å². The number of carbonyl (C=O) groups excluding carboxylic acids is 1. The number of hydrogen-bond donors (Lipinski definition) is 2. The van der Waals surface area contributed by atoms with Crippen molar-refractivity contribution in [2.24, 2.45) is 0 Å². The van der Waals surface area contributed by atoms with Gasteiger partial charge < -0.3 is 0 Å². The number of aryl methyl sites for hydroxylation is 1. The second-order valence-electron chi connectivity index (χ2n) is 6.32. The molecule has 0 bridgehead atoms. The summed E-state index contributed by atoms with van der Waals surface area (Å²) in [6, 6.07) is 3.96. The average Bonchev–Trinajstić information content (AvgIpc) is 3.11. The van der Waals surface area contributed by atoms with E-state index in [4.69, 9.17) is 11.6 Å². The molecule has 0 unspecified atom stereocenters. The molecule has 0 aliphatic carbocycles. The van der Waals surface area contributed by atoms with Crippen LogP contribution in [0, 0.1) is 0 Å². The molecule has 1 aromatic carbocycles. The van der Waals surface area contributed by atoms with E-state index in [-0.39, 0.29) is 15.5 Å². The first-order valence-electron chi connectivity index (χ1n) is 9.24. The molecule has 0 spiro atoms. The highest BCUT2D eigenvalue weighted by molar-refractivity contribution is 7.89. The fourth-order valence-electron chi connectivity index (χ4n) is 2.59. The second kappa shape index (κ2) is 10.8. The molecular weight excluding hydrogens is 420 g/mol. The molecule has 2 N–H and O–H groups in total. The van der Waals surface area contributed by atoms with Crippen molar-refractivity contribution in [2.45, 2.75) is 56.8 Å². The molecule has 7 nitrogen and oxygen atoms in total. The second-order valence-corrected chi connectivity index (χ2v) is 9.68. The molecule has 28 heavy (non-hydrogen) atoms. The van der Waals surface area contributed by atoms with Crippen LogP contribution in [0.25, 0.3) is 0 Å². The Balaban J connectivity index is 1.97. The Bertz CT molecular complexity index is 900. The number of anilines is 1. The summed E-state index contributed by atoms with van der Waals surface area (Å²) in [4.78, 5) is 12.5. The Labute approximate surface area is 175 Å². The van der Waals surface area contributed by atoms with E-state index in [1.54, 1.807) is 0 Å². The van der Waals surface area contributed by atoms with Crippen molar-refractivity contribution in [3.63, 3.8) is 0 Å². The minimum Gasteiger partial charge on any atom is -0.296 e. The third-order valence-corrected chi connectivity index (χ3v) is 6.83. The van der Waals surface area contributed by atoms with Crippen LogP contribution in [-0.2, 0) is 16.4 Å². The molecule has 0 saturated heterocycles. The number of rotatable bonds is 11. The number of sulfonamides is 1. The zero-order chi connectivity index (χ0) is 20.6. The van der Waals surface area contributed by atoms with Crippen LogP contribution < -0.4 is 10.0 Å². The molecule has 0 saturated carbocycles. The van der Waals surface area contributed by atoms with Crippen molar-refractivity contribution in [3.8, 4) is 0 Å². The predicted molar refractivity (Wildman–Crippen MR) is 113 cm³/mol. The van der Waals surface area contributed by atoms with E-state index >= 15 is 0 Å². The number of carbonyl (C=O) groups is 1. The van der Waals surface area contributed by atoms with E-state index in [0.717, 1.165) is 24.3 Å². The smallest absolute Gasteiger partial charge is 0.259 e. The van der Waals surface area contributed by atoms with E-state index in [0.29, 0.717) is 5.13 Å². The first kappa shape index (κ1) is 22.7. The molecule has 1 amide bonds. The van der Waals surface area contributed by atoms with Gasteiger partial charge in [0.25, 0.3) is 5.91 Å². The number of nitrogens with one attached hydrogen (secondary N) is 2. The summed E-state index contributed by atoms with van der Waals surface area (Å²) < 4.78 is 26.1. The minimum absolute atomic E-state index is 0.0365. The largest absolute Gasteiger partial charge is 0.296 e. The standard InChI is InChI=1S/C18H25ClN4O3S2/c1-3-4-5-6-7-8-9-16-22-23-18(27-16)21-17(24)14-12-13(10-11-15(14)19)28(25,26)20-2/h10-12,20H,3-9H2,1-2H3,(H,21,23,24). The van der Waals surface area contributed by atoms with Crippen LogP contribution in [0.4, 0.5) is 5.13 Å². The number of halogens is 1. The average molecular weight is 445 g/mol. The van der Waals surface area contributed by atoms with Gasteiger partial charge in [-0.15, -0.1) is 10.2 Å². The van der Waals surface area contributed by atoms with Gasteiger partial charge in [-0.2, -0.15) is 0 Å². The molecular formula is C18H25ClN4O3S2. The van der Waals surface area contributed by atoms with Crippen molar-refractivity contribution < 1.29 is 13.2 Å². The van der Waals surface area contributed by atoms with Crippen LogP contribution >= 0.6 is 22.9 Å². The fraction of sp³-hybridized carbons (Fsp3) is 0.500. The topological polar surface area (TPSA) is 101 Å². The van der Waals surface area contributed by atoms with Gasteiger partial charge in [0.15, 0.2) is 0 Å². The molecule has 1 aromatic heterocycles. The molecule has 0 aliphatic heterocycles. The van der Waals surface area contributed by atoms with Gasteiger partial charge in [0.1, 0.15) is 5.01 Å². The van der Waals surface area contributed by atoms with Crippen LogP contribution in [0.5, 0.6) is 0 Å². The minimum atomic E-state index is -3.67. The van der Waals surface area contributed by atoms with Gasteiger partial charge in [0, 0.05) is 6.42 Å². The summed E-state index contributed by atoms with van der Waals surface area (Å²) in [6.45, 7) is 2.19. The van der Waals surface area contributed by atoms with Gasteiger partial charge in [-0.3, -0.25) is 10.1 Å². The Morgan fingerprint density at radius 1 is 1.14 bits per heavy atom. The molecule has 10 heteroatoms. The molecule has 0 aliphatic rings. The maximum absolute atomic E-state index is 12.5. The third-order valence-electron chi connectivity index (χ3n) is 4.19. The summed E-state index contributed by atoms with van der Waals surface area (Å²) in [5, 5.41) is 12.1.